The van der Waals surface area contributed by atoms with Crippen molar-refractivity contribution in [2.24, 2.45) is 12.8 Å². The highest BCUT2D eigenvalue weighted by Crippen LogP contribution is 2.22. The van der Waals surface area contributed by atoms with Gasteiger partial charge < -0.3 is 5.73 Å². The molecule has 7 heteroatoms. The molecule has 0 bridgehead atoms. The van der Waals surface area contributed by atoms with Crippen LogP contribution < -0.4 is 5.73 Å². The van der Waals surface area contributed by atoms with Gasteiger partial charge in [0.1, 0.15) is 18.0 Å². The molecule has 0 unspecified atom stereocenters. The number of rotatable bonds is 4. The van der Waals surface area contributed by atoms with Crippen molar-refractivity contribution in [2.45, 2.75) is 10.9 Å². The van der Waals surface area contributed by atoms with Crippen molar-refractivity contribution in [1.82, 2.24) is 14.8 Å². The number of thioether (sulfide) groups is 1. The van der Waals surface area contributed by atoms with Crippen molar-refractivity contribution in [2.75, 3.05) is 0 Å². The van der Waals surface area contributed by atoms with Crippen LogP contribution in [0.4, 0.5) is 4.39 Å². The number of nitrogens with two attached hydrogens (primary N) is 1. The first-order valence-electron chi connectivity index (χ1n) is 5.18. The zero-order chi connectivity index (χ0) is 13.1. The van der Waals surface area contributed by atoms with Crippen LogP contribution in [-0.2, 0) is 12.8 Å². The van der Waals surface area contributed by atoms with Gasteiger partial charge in [-0.25, -0.2) is 14.1 Å². The smallest absolute Gasteiger partial charge is 0.186 e. The average Bonchev–Trinajstić information content (AvgIpc) is 2.73. The predicted molar refractivity (Wildman–Crippen MR) is 68.0 cm³/mol. The van der Waals surface area contributed by atoms with Crippen molar-refractivity contribution in [3.8, 4) is 0 Å². The quantitative estimate of drug-likeness (QED) is 0.499. The van der Waals surface area contributed by atoms with Gasteiger partial charge in [-0.05, 0) is 11.6 Å². The minimum absolute atomic E-state index is 0.131. The molecule has 0 spiro atoms. The standard InChI is InChI=1S/C11H12FN5S/c1-17-11(15-6-16-17)18-5-7-3-2-4-8(9(7)12)10(13)14/h2-4,6H,5H2,1H3,(H3,13,14). The van der Waals surface area contributed by atoms with Crippen molar-refractivity contribution in [3.63, 3.8) is 0 Å². The number of benzene rings is 1. The Bertz CT molecular complexity index is 581. The van der Waals surface area contributed by atoms with Gasteiger partial charge in [-0.1, -0.05) is 23.9 Å². The number of nitrogen functional groups attached to an aromatic ring is 1. The van der Waals surface area contributed by atoms with Gasteiger partial charge >= 0.3 is 0 Å². The van der Waals surface area contributed by atoms with Gasteiger partial charge in [-0.3, -0.25) is 5.41 Å². The lowest BCUT2D eigenvalue weighted by molar-refractivity contribution is 0.614. The van der Waals surface area contributed by atoms with E-state index in [9.17, 15) is 4.39 Å². The summed E-state index contributed by atoms with van der Waals surface area (Å²) < 4.78 is 15.6. The van der Waals surface area contributed by atoms with E-state index in [4.69, 9.17) is 11.1 Å². The average molecular weight is 265 g/mol. The number of aromatic nitrogens is 3. The van der Waals surface area contributed by atoms with E-state index in [0.29, 0.717) is 16.5 Å². The lowest BCUT2D eigenvalue weighted by Crippen LogP contribution is -2.14. The van der Waals surface area contributed by atoms with E-state index in [1.807, 2.05) is 0 Å². The molecule has 0 aliphatic rings. The number of aryl methyl sites for hydroxylation is 1. The van der Waals surface area contributed by atoms with Gasteiger partial charge in [0.2, 0.25) is 0 Å². The molecule has 0 aliphatic carbocycles. The first kappa shape index (κ1) is 12.6. The molecule has 94 valence electrons. The third-order valence-electron chi connectivity index (χ3n) is 2.40. The zero-order valence-electron chi connectivity index (χ0n) is 9.72. The molecule has 0 aliphatic heterocycles. The molecule has 2 rings (SSSR count). The molecular formula is C11H12FN5S. The minimum atomic E-state index is -0.445. The normalized spacial score (nSPS) is 10.6. The molecule has 1 aromatic carbocycles. The van der Waals surface area contributed by atoms with E-state index in [2.05, 4.69) is 10.1 Å². The maximum Gasteiger partial charge on any atom is 0.186 e. The highest BCUT2D eigenvalue weighted by molar-refractivity contribution is 7.98. The molecule has 3 N–H and O–H groups in total. The summed E-state index contributed by atoms with van der Waals surface area (Å²) >= 11 is 1.38. The van der Waals surface area contributed by atoms with Crippen LogP contribution in [0, 0.1) is 11.2 Å². The molecule has 2 aromatic rings. The van der Waals surface area contributed by atoms with E-state index in [-0.39, 0.29) is 11.4 Å². The number of hydrogen-bond acceptors (Lipinski definition) is 4. The van der Waals surface area contributed by atoms with E-state index in [0.717, 1.165) is 0 Å². The summed E-state index contributed by atoms with van der Waals surface area (Å²) in [5, 5.41) is 11.9. The fourth-order valence-electron chi connectivity index (χ4n) is 1.46. The summed E-state index contributed by atoms with van der Waals surface area (Å²) in [7, 11) is 1.78. The van der Waals surface area contributed by atoms with Crippen LogP contribution in [0.25, 0.3) is 0 Å². The highest BCUT2D eigenvalue weighted by Gasteiger charge is 2.11. The predicted octanol–water partition coefficient (Wildman–Crippen LogP) is 1.53. The largest absolute Gasteiger partial charge is 0.384 e. The summed E-state index contributed by atoms with van der Waals surface area (Å²) in [6, 6.07) is 4.85. The Morgan fingerprint density at radius 1 is 1.56 bits per heavy atom. The summed E-state index contributed by atoms with van der Waals surface area (Å²) in [4.78, 5) is 4.04. The second-order valence-electron chi connectivity index (χ2n) is 3.65. The van der Waals surface area contributed by atoms with Crippen LogP contribution in [0.15, 0.2) is 29.7 Å². The third kappa shape index (κ3) is 2.51. The van der Waals surface area contributed by atoms with Crippen molar-refractivity contribution in [3.05, 3.63) is 41.5 Å². The molecule has 18 heavy (non-hydrogen) atoms. The number of nitrogens with zero attached hydrogens (tertiary/aromatic N) is 3. The third-order valence-corrected chi connectivity index (χ3v) is 3.48. The molecule has 0 radical (unpaired) electrons. The Morgan fingerprint density at radius 2 is 2.33 bits per heavy atom. The Hall–Kier alpha value is -1.89. The number of amidine groups is 1. The number of nitrogens with one attached hydrogen (secondary N) is 1. The summed E-state index contributed by atoms with van der Waals surface area (Å²) in [6.07, 6.45) is 1.45. The summed E-state index contributed by atoms with van der Waals surface area (Å²) in [5.74, 6) is -0.294. The number of hydrogen-bond donors (Lipinski definition) is 2. The maximum atomic E-state index is 14.0. The van der Waals surface area contributed by atoms with Crippen LogP contribution >= 0.6 is 11.8 Å². The van der Waals surface area contributed by atoms with Gasteiger partial charge in [-0.2, -0.15) is 5.10 Å². The van der Waals surface area contributed by atoms with Crippen LogP contribution in [0.1, 0.15) is 11.1 Å². The van der Waals surface area contributed by atoms with Crippen LogP contribution in [0.2, 0.25) is 0 Å². The topological polar surface area (TPSA) is 80.6 Å². The molecule has 5 nitrogen and oxygen atoms in total. The molecule has 1 heterocycles. The fourth-order valence-corrected chi connectivity index (χ4v) is 2.32. The minimum Gasteiger partial charge on any atom is -0.384 e. The summed E-state index contributed by atoms with van der Waals surface area (Å²) in [6.45, 7) is 0. The molecule has 0 amide bonds. The van der Waals surface area contributed by atoms with Crippen molar-refractivity contribution < 1.29 is 4.39 Å². The maximum absolute atomic E-state index is 14.0. The highest BCUT2D eigenvalue weighted by atomic mass is 32.2. The van der Waals surface area contributed by atoms with Gasteiger partial charge in [0.25, 0.3) is 0 Å². The van der Waals surface area contributed by atoms with Gasteiger partial charge in [-0.15, -0.1) is 0 Å². The number of halogens is 1. The first-order chi connectivity index (χ1) is 8.59. The summed E-state index contributed by atoms with van der Waals surface area (Å²) in [5.41, 5.74) is 5.93. The lowest BCUT2D eigenvalue weighted by atomic mass is 10.1. The zero-order valence-corrected chi connectivity index (χ0v) is 10.5. The van der Waals surface area contributed by atoms with Crippen LogP contribution in [0.3, 0.4) is 0 Å². The SMILES string of the molecule is Cn1ncnc1SCc1cccc(C(=N)N)c1F. The van der Waals surface area contributed by atoms with Crippen molar-refractivity contribution in [1.29, 1.82) is 5.41 Å². The van der Waals surface area contributed by atoms with Crippen LogP contribution in [0.5, 0.6) is 0 Å². The Balaban J connectivity index is 2.17. The fraction of sp³-hybridized carbons (Fsp3) is 0.182. The van der Waals surface area contributed by atoms with E-state index < -0.39 is 5.82 Å². The van der Waals surface area contributed by atoms with Gasteiger partial charge in [0.05, 0.1) is 5.56 Å². The van der Waals surface area contributed by atoms with E-state index in [1.165, 1.54) is 24.2 Å². The van der Waals surface area contributed by atoms with Crippen LogP contribution in [-0.4, -0.2) is 20.6 Å². The van der Waals surface area contributed by atoms with Gasteiger partial charge in [0, 0.05) is 12.8 Å². The van der Waals surface area contributed by atoms with Gasteiger partial charge in [0.15, 0.2) is 5.16 Å². The lowest BCUT2D eigenvalue weighted by Gasteiger charge is -2.06. The second-order valence-corrected chi connectivity index (χ2v) is 4.59. The molecule has 0 fully saturated rings. The molecule has 1 aromatic heterocycles. The van der Waals surface area contributed by atoms with E-state index in [1.54, 1.807) is 23.9 Å². The second kappa shape index (κ2) is 5.18. The first-order valence-corrected chi connectivity index (χ1v) is 6.16. The molecule has 0 saturated heterocycles. The molecule has 0 atom stereocenters. The Kier molecular flexibility index (Phi) is 3.61. The Morgan fingerprint density at radius 3 is 2.94 bits per heavy atom. The Labute approximate surface area is 108 Å². The van der Waals surface area contributed by atoms with E-state index >= 15 is 0 Å². The van der Waals surface area contributed by atoms with Crippen molar-refractivity contribution >= 4 is 17.6 Å². The molecule has 0 saturated carbocycles. The monoisotopic (exact) mass is 265 g/mol. The molecular weight excluding hydrogens is 253 g/mol.